The lowest BCUT2D eigenvalue weighted by molar-refractivity contribution is -0.105. The molecule has 0 amide bonds. The van der Waals surface area contributed by atoms with Crippen LogP contribution in [0.15, 0.2) is 0 Å². The van der Waals surface area contributed by atoms with Crippen molar-refractivity contribution in [3.63, 3.8) is 0 Å². The van der Waals surface area contributed by atoms with E-state index < -0.39 is 0 Å². The summed E-state index contributed by atoms with van der Waals surface area (Å²) < 4.78 is 41.1. The van der Waals surface area contributed by atoms with E-state index in [0.29, 0.717) is 85.0 Å². The van der Waals surface area contributed by atoms with Crippen molar-refractivity contribution in [2.75, 3.05) is 0 Å². The number of rotatable bonds is 20. The van der Waals surface area contributed by atoms with Crippen molar-refractivity contribution in [2.24, 2.45) is 0 Å². The van der Waals surface area contributed by atoms with Gasteiger partial charge in [-0.3, -0.25) is 0 Å². The molecule has 0 aliphatic heterocycles. The lowest BCUT2D eigenvalue weighted by atomic mass is 9.83. The zero-order chi connectivity index (χ0) is 110. The van der Waals surface area contributed by atoms with Gasteiger partial charge in [-0.1, -0.05) is 0 Å². The molecule has 0 saturated heterocycles. The van der Waals surface area contributed by atoms with E-state index >= 15 is 0 Å². The first-order chi connectivity index (χ1) is 61.6. The van der Waals surface area contributed by atoms with Gasteiger partial charge in [-0.2, -0.15) is 0 Å². The van der Waals surface area contributed by atoms with Crippen molar-refractivity contribution in [2.45, 2.75) is 776 Å². The van der Waals surface area contributed by atoms with Crippen LogP contribution in [0, 0.1) is 0 Å². The highest BCUT2D eigenvalue weighted by Crippen LogP contribution is 2.37. The lowest BCUT2D eigenvalue weighted by Crippen LogP contribution is -2.58. The van der Waals surface area contributed by atoms with Gasteiger partial charge in [0.2, 0.25) is 0 Å². The van der Waals surface area contributed by atoms with Gasteiger partial charge in [-0.15, -0.1) is 0 Å². The summed E-state index contributed by atoms with van der Waals surface area (Å²) in [6.07, 6.45) is 27.2. The van der Waals surface area contributed by atoms with Gasteiger partial charge < -0.3 is 102 Å². The summed E-state index contributed by atoms with van der Waals surface area (Å²) in [5.41, 5.74) is 3.28. The maximum atomic E-state index is 5.88. The van der Waals surface area contributed by atoms with Crippen molar-refractivity contribution in [1.82, 2.24) is 69.1 Å². The highest BCUT2D eigenvalue weighted by molar-refractivity contribution is 5.02. The molecule has 840 valence electrons. The third-order valence-electron chi connectivity index (χ3n) is 23.0. The van der Waals surface area contributed by atoms with Crippen LogP contribution in [-0.2, 0) is 33.2 Å². The molecular formula is C120H253N13O7. The Bertz CT molecular complexity index is 2340. The summed E-state index contributed by atoms with van der Waals surface area (Å²) in [6, 6.07) is 8.89. The van der Waals surface area contributed by atoms with E-state index in [4.69, 9.17) is 33.2 Å². The van der Waals surface area contributed by atoms with Crippen LogP contribution in [0.25, 0.3) is 0 Å². The Kier molecular flexibility index (Phi) is 53.1. The molecule has 20 heteroatoms. The van der Waals surface area contributed by atoms with Gasteiger partial charge in [0.25, 0.3) is 0 Å². The van der Waals surface area contributed by atoms with Crippen LogP contribution >= 0.6 is 0 Å². The standard InChI is InChI=1S/3C12H26N2.7C12H25NO/c10*1-11(2,3)13-9-7-10(8-9)14-12(4,5)6/h3*9-10,13-14H,7-8H2,1-6H3;7*9-10,13H,7-8H2,1-6H3. The minimum atomic E-state index is 0.0113. The molecule has 20 nitrogen and oxygen atoms in total. The monoisotopic (exact) mass is 1990 g/mol. The van der Waals surface area contributed by atoms with Gasteiger partial charge in [0.15, 0.2) is 0 Å². The molecule has 0 aromatic heterocycles. The smallest absolute Gasteiger partial charge is 0.0612 e. The molecule has 10 fully saturated rings. The molecular weight excluding hydrogens is 1740 g/mol. The number of hydrogen-bond acceptors (Lipinski definition) is 20. The minimum Gasteiger partial charge on any atom is -0.373 e. The predicted octanol–water partition coefficient (Wildman–Crippen LogP) is 25.9. The Morgan fingerprint density at radius 1 is 0.100 bits per heavy atom. The third kappa shape index (κ3) is 79.3. The topological polar surface area (TPSA) is 221 Å². The normalized spacial score (nSPS) is 28.7. The molecule has 0 unspecified atom stereocenters. The van der Waals surface area contributed by atoms with Gasteiger partial charge >= 0.3 is 0 Å². The highest BCUT2D eigenvalue weighted by Gasteiger charge is 2.44. The van der Waals surface area contributed by atoms with Gasteiger partial charge in [-0.25, -0.2) is 0 Å². The van der Waals surface area contributed by atoms with Crippen LogP contribution in [-0.4, -0.2) is 232 Å². The average Bonchev–Trinajstić information content (AvgIpc) is 0.877. The molecule has 10 aliphatic carbocycles. The van der Waals surface area contributed by atoms with E-state index in [1.54, 1.807) is 0 Å². The van der Waals surface area contributed by atoms with Gasteiger partial charge in [0.1, 0.15) is 0 Å². The van der Waals surface area contributed by atoms with Crippen molar-refractivity contribution >= 4 is 0 Å². The Morgan fingerprint density at radius 2 is 0.157 bits per heavy atom. The highest BCUT2D eigenvalue weighted by atomic mass is 16.5. The van der Waals surface area contributed by atoms with E-state index in [1.807, 2.05) is 0 Å². The largest absolute Gasteiger partial charge is 0.373 e. The van der Waals surface area contributed by atoms with Crippen LogP contribution < -0.4 is 69.1 Å². The van der Waals surface area contributed by atoms with Crippen molar-refractivity contribution < 1.29 is 33.2 Å². The first kappa shape index (κ1) is 137. The van der Waals surface area contributed by atoms with Crippen LogP contribution in [0.4, 0.5) is 0 Å². The maximum Gasteiger partial charge on any atom is 0.0612 e. The molecule has 0 heterocycles. The second-order valence-corrected chi connectivity index (χ2v) is 64.9. The van der Waals surface area contributed by atoms with E-state index in [9.17, 15) is 0 Å². The van der Waals surface area contributed by atoms with E-state index in [2.05, 4.69) is 485 Å². The molecule has 0 aromatic rings. The molecule has 10 rings (SSSR count). The molecule has 13 N–H and O–H groups in total. The van der Waals surface area contributed by atoms with Crippen LogP contribution in [0.3, 0.4) is 0 Å². The SMILES string of the molecule is CC(C)(C)NC1CC(NC(C)(C)C)C1.CC(C)(C)NC1CC(NC(C)(C)C)C1.CC(C)(C)NC1CC(NC(C)(C)C)C1.CC(C)(C)NC1CC(OC(C)(C)C)C1.CC(C)(C)NC1CC(OC(C)(C)C)C1.CC(C)(C)NC1CC(OC(C)(C)C)C1.CC(C)(C)NC1CC(OC(C)(C)C)C1.CC(C)(C)NC1CC(OC(C)(C)C)C1.CC(C)(C)NC1CC(OC(C)(C)C)C1.CC(C)(C)NC1CC(OC(C)(C)C)C1. The minimum absolute atomic E-state index is 0.0113. The second-order valence-electron chi connectivity index (χ2n) is 64.9. The fraction of sp³-hybridized carbons (Fsp3) is 1.00. The fourth-order valence-corrected chi connectivity index (χ4v) is 19.5. The first-order valence-electron chi connectivity index (χ1n) is 56.4. The zero-order valence-corrected chi connectivity index (χ0v) is 105. The summed E-state index contributed by atoms with van der Waals surface area (Å²) in [6.45, 7) is 131. The Hall–Kier alpha value is -0.800. The Labute approximate surface area is 873 Å². The molecule has 0 aromatic carbocycles. The quantitative estimate of drug-likeness (QED) is 0.0545. The number of nitrogens with one attached hydrogen (secondary N) is 13. The van der Waals surface area contributed by atoms with E-state index in [0.717, 1.165) is 126 Å². The molecule has 0 atom stereocenters. The lowest BCUT2D eigenvalue weighted by Gasteiger charge is -2.43. The fourth-order valence-electron chi connectivity index (χ4n) is 19.5. The summed E-state index contributed by atoms with van der Waals surface area (Å²) in [5.74, 6) is 0. The van der Waals surface area contributed by atoms with Gasteiger partial charge in [0, 0.05) is 151 Å². The number of ether oxygens (including phenoxy) is 7. The first-order valence-corrected chi connectivity index (χ1v) is 56.4. The van der Waals surface area contributed by atoms with Crippen molar-refractivity contribution in [3.8, 4) is 0 Å². The molecule has 0 spiro atoms. The average molecular weight is 1990 g/mol. The van der Waals surface area contributed by atoms with Crippen molar-refractivity contribution in [1.29, 1.82) is 0 Å². The van der Waals surface area contributed by atoms with Crippen LogP contribution in [0.2, 0.25) is 0 Å². The molecule has 10 aliphatic rings. The summed E-state index contributed by atoms with van der Waals surface area (Å²) in [5, 5.41) is 46.9. The zero-order valence-electron chi connectivity index (χ0n) is 105. The maximum absolute atomic E-state index is 5.88. The Balaban J connectivity index is 0.000000778. The summed E-state index contributed by atoms with van der Waals surface area (Å²) >= 11 is 0. The third-order valence-corrected chi connectivity index (χ3v) is 23.0. The molecule has 0 radical (unpaired) electrons. The number of hydrogen-bond donors (Lipinski definition) is 13. The van der Waals surface area contributed by atoms with E-state index in [-0.39, 0.29) is 111 Å². The predicted molar refractivity (Wildman–Crippen MR) is 612 cm³/mol. The summed E-state index contributed by atoms with van der Waals surface area (Å²) in [4.78, 5) is 0. The van der Waals surface area contributed by atoms with Crippen LogP contribution in [0.1, 0.15) is 544 Å². The second kappa shape index (κ2) is 54.1. The van der Waals surface area contributed by atoms with Gasteiger partial charge in [-0.05, 0) is 544 Å². The van der Waals surface area contributed by atoms with Crippen molar-refractivity contribution in [3.05, 3.63) is 0 Å². The molecule has 0 bridgehead atoms. The Morgan fingerprint density at radius 3 is 0.207 bits per heavy atom. The molecule has 10 saturated carbocycles. The molecule has 140 heavy (non-hydrogen) atoms. The van der Waals surface area contributed by atoms with Gasteiger partial charge in [0.05, 0.1) is 81.9 Å². The summed E-state index contributed by atoms with van der Waals surface area (Å²) in [7, 11) is 0. The van der Waals surface area contributed by atoms with E-state index in [1.165, 1.54) is 38.5 Å². The van der Waals surface area contributed by atoms with Crippen LogP contribution in [0.5, 0.6) is 0 Å².